The van der Waals surface area contributed by atoms with Crippen LogP contribution in [0.25, 0.3) is 0 Å². The van der Waals surface area contributed by atoms with Crippen LogP contribution >= 0.6 is 0 Å². The monoisotopic (exact) mass is 294 g/mol. The summed E-state index contributed by atoms with van der Waals surface area (Å²) in [5.74, 6) is 0. The predicted octanol–water partition coefficient (Wildman–Crippen LogP) is 2.29. The number of likely N-dealkylation sites (tertiary alicyclic amines) is 1. The second kappa shape index (κ2) is 6.47. The third-order valence-corrected chi connectivity index (χ3v) is 3.68. The van der Waals surface area contributed by atoms with E-state index in [0.29, 0.717) is 0 Å². The smallest absolute Gasteiger partial charge is 0.410 e. The van der Waals surface area contributed by atoms with E-state index in [1.807, 2.05) is 31.7 Å². The van der Waals surface area contributed by atoms with Crippen LogP contribution in [0, 0.1) is 0 Å². The van der Waals surface area contributed by atoms with E-state index in [0.717, 1.165) is 31.6 Å². The van der Waals surface area contributed by atoms with Gasteiger partial charge in [0.25, 0.3) is 0 Å². The van der Waals surface area contributed by atoms with Gasteiger partial charge in [-0.1, -0.05) is 0 Å². The number of aromatic amines is 1. The molecule has 1 aromatic rings. The van der Waals surface area contributed by atoms with E-state index < -0.39 is 5.60 Å². The molecule has 6 heteroatoms. The Balaban J connectivity index is 1.89. The van der Waals surface area contributed by atoms with Gasteiger partial charge in [-0.2, -0.15) is 5.10 Å². The van der Waals surface area contributed by atoms with Crippen LogP contribution in [0.1, 0.15) is 46.2 Å². The molecule has 0 saturated carbocycles. The maximum absolute atomic E-state index is 12.3. The zero-order valence-corrected chi connectivity index (χ0v) is 13.3. The number of hydrogen-bond donors (Lipinski definition) is 2. The first-order chi connectivity index (χ1) is 9.87. The Morgan fingerprint density at radius 1 is 1.62 bits per heavy atom. The molecule has 2 rings (SSSR count). The molecule has 0 bridgehead atoms. The molecule has 0 aliphatic carbocycles. The molecule has 1 saturated heterocycles. The Morgan fingerprint density at radius 3 is 3.00 bits per heavy atom. The van der Waals surface area contributed by atoms with Crippen molar-refractivity contribution in [2.24, 2.45) is 0 Å². The van der Waals surface area contributed by atoms with Gasteiger partial charge in [0.05, 0.1) is 6.04 Å². The van der Waals surface area contributed by atoms with Crippen molar-refractivity contribution in [1.29, 1.82) is 0 Å². The number of aromatic nitrogens is 2. The Labute approximate surface area is 126 Å². The lowest BCUT2D eigenvalue weighted by Gasteiger charge is -2.32. The maximum atomic E-state index is 12.3. The fourth-order valence-corrected chi connectivity index (χ4v) is 2.65. The van der Waals surface area contributed by atoms with Crippen LogP contribution in [-0.2, 0) is 11.3 Å². The number of nitrogens with one attached hydrogen (secondary N) is 2. The van der Waals surface area contributed by atoms with Crippen LogP contribution in [0.15, 0.2) is 12.3 Å². The summed E-state index contributed by atoms with van der Waals surface area (Å²) in [4.78, 5) is 14.1. The standard InChI is InChI=1S/C15H26N4O2/c1-11(16-10-12-7-8-17-18-12)13-6-5-9-19(13)14(20)21-15(2,3)4/h7-8,11,13,16H,5-6,9-10H2,1-4H3,(H,17,18)/t11?,13-/m0/s1. The van der Waals surface area contributed by atoms with Gasteiger partial charge >= 0.3 is 6.09 Å². The van der Waals surface area contributed by atoms with Gasteiger partial charge in [0.2, 0.25) is 0 Å². The summed E-state index contributed by atoms with van der Waals surface area (Å²) in [7, 11) is 0. The molecule has 118 valence electrons. The van der Waals surface area contributed by atoms with Crippen LogP contribution in [-0.4, -0.2) is 45.4 Å². The molecule has 1 unspecified atom stereocenters. The molecule has 2 atom stereocenters. The number of carbonyl (C=O) groups excluding carboxylic acids is 1. The van der Waals surface area contributed by atoms with Crippen LogP contribution in [0.2, 0.25) is 0 Å². The average molecular weight is 294 g/mol. The normalized spacial score (nSPS) is 20.6. The topological polar surface area (TPSA) is 70.2 Å². The minimum absolute atomic E-state index is 0.183. The Kier molecular flexibility index (Phi) is 4.88. The average Bonchev–Trinajstić information content (AvgIpc) is 3.05. The summed E-state index contributed by atoms with van der Waals surface area (Å²) in [5.41, 5.74) is 0.597. The zero-order chi connectivity index (χ0) is 15.5. The van der Waals surface area contributed by atoms with E-state index in [1.54, 1.807) is 6.20 Å². The molecule has 1 aliphatic rings. The molecule has 1 fully saturated rings. The summed E-state index contributed by atoms with van der Waals surface area (Å²) in [6.45, 7) is 9.31. The van der Waals surface area contributed by atoms with Crippen molar-refractivity contribution in [3.05, 3.63) is 18.0 Å². The number of H-pyrrole nitrogens is 1. The van der Waals surface area contributed by atoms with Gasteiger partial charge in [0, 0.05) is 31.0 Å². The first-order valence-corrected chi connectivity index (χ1v) is 7.58. The van der Waals surface area contributed by atoms with E-state index in [2.05, 4.69) is 22.4 Å². The third kappa shape index (κ3) is 4.46. The van der Waals surface area contributed by atoms with E-state index in [-0.39, 0.29) is 18.2 Å². The molecule has 1 aliphatic heterocycles. The molecule has 21 heavy (non-hydrogen) atoms. The summed E-state index contributed by atoms with van der Waals surface area (Å²) in [6.07, 6.45) is 3.57. The number of ether oxygens (including phenoxy) is 1. The summed E-state index contributed by atoms with van der Waals surface area (Å²) in [6, 6.07) is 2.34. The van der Waals surface area contributed by atoms with Gasteiger partial charge in [-0.05, 0) is 46.6 Å². The predicted molar refractivity (Wildman–Crippen MR) is 80.9 cm³/mol. The molecule has 0 radical (unpaired) electrons. The summed E-state index contributed by atoms with van der Waals surface area (Å²) >= 11 is 0. The Bertz CT molecular complexity index is 453. The highest BCUT2D eigenvalue weighted by atomic mass is 16.6. The zero-order valence-electron chi connectivity index (χ0n) is 13.3. The van der Waals surface area contributed by atoms with Crippen LogP contribution in [0.5, 0.6) is 0 Å². The van der Waals surface area contributed by atoms with Crippen molar-refractivity contribution in [3.8, 4) is 0 Å². The minimum Gasteiger partial charge on any atom is -0.444 e. The molecule has 0 spiro atoms. The summed E-state index contributed by atoms with van der Waals surface area (Å²) < 4.78 is 5.50. The molecule has 6 nitrogen and oxygen atoms in total. The van der Waals surface area contributed by atoms with Gasteiger partial charge < -0.3 is 15.0 Å². The van der Waals surface area contributed by atoms with Gasteiger partial charge in [-0.25, -0.2) is 4.79 Å². The molecule has 2 heterocycles. The van der Waals surface area contributed by atoms with Gasteiger partial charge in [-0.3, -0.25) is 5.10 Å². The van der Waals surface area contributed by atoms with Crippen LogP contribution < -0.4 is 5.32 Å². The molecular formula is C15H26N4O2. The van der Waals surface area contributed by atoms with Crippen LogP contribution in [0.3, 0.4) is 0 Å². The van der Waals surface area contributed by atoms with Crippen molar-refractivity contribution >= 4 is 6.09 Å². The number of carbonyl (C=O) groups is 1. The van der Waals surface area contributed by atoms with Crippen molar-refractivity contribution in [2.45, 2.75) is 64.8 Å². The lowest BCUT2D eigenvalue weighted by atomic mass is 10.1. The van der Waals surface area contributed by atoms with Crippen molar-refractivity contribution < 1.29 is 9.53 Å². The Hall–Kier alpha value is -1.56. The second-order valence-corrected chi connectivity index (χ2v) is 6.63. The highest BCUT2D eigenvalue weighted by molar-refractivity contribution is 5.69. The fraction of sp³-hybridized carbons (Fsp3) is 0.733. The number of nitrogens with zero attached hydrogens (tertiary/aromatic N) is 2. The van der Waals surface area contributed by atoms with Crippen molar-refractivity contribution in [1.82, 2.24) is 20.4 Å². The number of amides is 1. The van der Waals surface area contributed by atoms with Crippen LogP contribution in [0.4, 0.5) is 4.79 Å². The largest absolute Gasteiger partial charge is 0.444 e. The van der Waals surface area contributed by atoms with E-state index >= 15 is 0 Å². The van der Waals surface area contributed by atoms with E-state index in [4.69, 9.17) is 4.74 Å². The highest BCUT2D eigenvalue weighted by Gasteiger charge is 2.35. The van der Waals surface area contributed by atoms with E-state index in [9.17, 15) is 4.79 Å². The maximum Gasteiger partial charge on any atom is 0.410 e. The quantitative estimate of drug-likeness (QED) is 0.894. The Morgan fingerprint density at radius 2 is 2.38 bits per heavy atom. The van der Waals surface area contributed by atoms with Gasteiger partial charge in [0.1, 0.15) is 5.60 Å². The first-order valence-electron chi connectivity index (χ1n) is 7.58. The molecule has 1 amide bonds. The highest BCUT2D eigenvalue weighted by Crippen LogP contribution is 2.23. The van der Waals surface area contributed by atoms with Crippen molar-refractivity contribution in [3.63, 3.8) is 0 Å². The van der Waals surface area contributed by atoms with Gasteiger partial charge in [-0.15, -0.1) is 0 Å². The molecule has 1 aromatic heterocycles. The summed E-state index contributed by atoms with van der Waals surface area (Å²) in [5, 5.41) is 10.3. The lowest BCUT2D eigenvalue weighted by Crippen LogP contribution is -2.48. The minimum atomic E-state index is -0.448. The third-order valence-electron chi connectivity index (χ3n) is 3.68. The SMILES string of the molecule is CC(NCc1ccn[nH]1)[C@@H]1CCCN1C(=O)OC(C)(C)C. The van der Waals surface area contributed by atoms with Gasteiger partial charge in [0.15, 0.2) is 0 Å². The molecule has 2 N–H and O–H groups in total. The first kappa shape index (κ1) is 15.8. The lowest BCUT2D eigenvalue weighted by molar-refractivity contribution is 0.0200. The van der Waals surface area contributed by atoms with Crippen molar-refractivity contribution in [2.75, 3.05) is 6.54 Å². The van der Waals surface area contributed by atoms with E-state index in [1.165, 1.54) is 0 Å². The fourth-order valence-electron chi connectivity index (χ4n) is 2.65. The second-order valence-electron chi connectivity index (χ2n) is 6.63. The molecule has 0 aromatic carbocycles. The number of hydrogen-bond acceptors (Lipinski definition) is 4. The number of rotatable bonds is 4. The molecular weight excluding hydrogens is 268 g/mol.